The van der Waals surface area contributed by atoms with Crippen LogP contribution in [0.5, 0.6) is 0 Å². The Labute approximate surface area is 225 Å². The van der Waals surface area contributed by atoms with Gasteiger partial charge in [-0.1, -0.05) is 12.7 Å². The first-order valence-electron chi connectivity index (χ1n) is 10.3. The fraction of sp³-hybridized carbons (Fsp3) is 0.154. The molecular formula is C26H26Br2F2N2O4. The van der Waals surface area contributed by atoms with Gasteiger partial charge in [0.25, 0.3) is 0 Å². The Bertz CT molecular complexity index is 1230. The van der Waals surface area contributed by atoms with E-state index in [0.29, 0.717) is 21.1 Å². The third kappa shape index (κ3) is 9.79. The number of esters is 2. The molecule has 0 fully saturated rings. The van der Waals surface area contributed by atoms with Gasteiger partial charge < -0.3 is 19.8 Å². The molecule has 2 aromatic carbocycles. The zero-order chi connectivity index (χ0) is 27.3. The van der Waals surface area contributed by atoms with Gasteiger partial charge in [0, 0.05) is 44.8 Å². The van der Waals surface area contributed by atoms with Gasteiger partial charge in [0.05, 0.1) is 25.4 Å². The Morgan fingerprint density at radius 3 is 2.11 bits per heavy atom. The third-order valence-electron chi connectivity index (χ3n) is 4.39. The monoisotopic (exact) mass is 626 g/mol. The van der Waals surface area contributed by atoms with Crippen molar-refractivity contribution >= 4 is 66.5 Å². The van der Waals surface area contributed by atoms with Crippen molar-refractivity contribution < 1.29 is 27.8 Å². The number of carbonyl (C=O) groups is 2. The van der Waals surface area contributed by atoms with Crippen LogP contribution in [0.25, 0.3) is 17.0 Å². The van der Waals surface area contributed by atoms with Crippen molar-refractivity contribution in [2.24, 2.45) is 0 Å². The molecule has 6 nitrogen and oxygen atoms in total. The van der Waals surface area contributed by atoms with E-state index in [0.717, 1.165) is 28.2 Å². The predicted molar refractivity (Wildman–Crippen MR) is 147 cm³/mol. The van der Waals surface area contributed by atoms with Crippen LogP contribution in [-0.2, 0) is 19.1 Å². The Morgan fingerprint density at radius 1 is 1.03 bits per heavy atom. The van der Waals surface area contributed by atoms with Gasteiger partial charge in [0.1, 0.15) is 11.6 Å². The van der Waals surface area contributed by atoms with E-state index in [1.54, 1.807) is 12.3 Å². The number of aryl methyl sites for hydroxylation is 1. The molecular weight excluding hydrogens is 602 g/mol. The number of hydrogen-bond acceptors (Lipinski definition) is 5. The molecule has 0 spiro atoms. The highest BCUT2D eigenvalue weighted by molar-refractivity contribution is 9.11. The van der Waals surface area contributed by atoms with Gasteiger partial charge >= 0.3 is 11.9 Å². The first-order chi connectivity index (χ1) is 17.1. The number of aromatic nitrogens is 1. The topological polar surface area (TPSA) is 80.4 Å². The van der Waals surface area contributed by atoms with Crippen LogP contribution in [0.2, 0.25) is 0 Å². The van der Waals surface area contributed by atoms with Gasteiger partial charge in [0.2, 0.25) is 0 Å². The molecule has 2 N–H and O–H groups in total. The van der Waals surface area contributed by atoms with Crippen molar-refractivity contribution in [3.05, 3.63) is 93.6 Å². The molecule has 0 saturated heterocycles. The van der Waals surface area contributed by atoms with E-state index >= 15 is 0 Å². The van der Waals surface area contributed by atoms with Gasteiger partial charge in [0.15, 0.2) is 0 Å². The molecule has 3 aromatic rings. The Hall–Kier alpha value is -3.24. The summed E-state index contributed by atoms with van der Waals surface area (Å²) in [4.78, 5) is 23.9. The number of nitrogens with one attached hydrogen (secondary N) is 2. The Morgan fingerprint density at radius 2 is 1.61 bits per heavy atom. The summed E-state index contributed by atoms with van der Waals surface area (Å²) < 4.78 is 36.2. The fourth-order valence-corrected chi connectivity index (χ4v) is 4.10. The van der Waals surface area contributed by atoms with E-state index in [2.05, 4.69) is 64.8 Å². The van der Waals surface area contributed by atoms with Crippen LogP contribution < -0.4 is 5.32 Å². The second-order valence-corrected chi connectivity index (χ2v) is 8.60. The average molecular weight is 628 g/mol. The second-order valence-electron chi connectivity index (χ2n) is 6.89. The molecule has 1 heterocycles. The predicted octanol–water partition coefficient (Wildman–Crippen LogP) is 7.10. The van der Waals surface area contributed by atoms with Crippen molar-refractivity contribution in [2.75, 3.05) is 26.1 Å². The van der Waals surface area contributed by atoms with Crippen molar-refractivity contribution in [3.8, 4) is 0 Å². The molecule has 0 radical (unpaired) electrons. The summed E-state index contributed by atoms with van der Waals surface area (Å²) >= 11 is 6.52. The van der Waals surface area contributed by atoms with Crippen LogP contribution in [0.15, 0.2) is 70.8 Å². The highest BCUT2D eigenvalue weighted by Gasteiger charge is 2.07. The lowest BCUT2D eigenvalue weighted by Crippen LogP contribution is -1.99. The van der Waals surface area contributed by atoms with E-state index < -0.39 is 11.9 Å². The number of methoxy groups -OCH3 is 2. The van der Waals surface area contributed by atoms with Crippen LogP contribution in [0, 0.1) is 18.6 Å². The number of hydrogen-bond donors (Lipinski definition) is 2. The lowest BCUT2D eigenvalue weighted by Gasteiger charge is -2.08. The van der Waals surface area contributed by atoms with Crippen molar-refractivity contribution in [2.45, 2.75) is 6.92 Å². The van der Waals surface area contributed by atoms with Crippen molar-refractivity contribution in [1.29, 1.82) is 0 Å². The minimum atomic E-state index is -0.467. The summed E-state index contributed by atoms with van der Waals surface area (Å²) in [5.74, 6) is -1.46. The summed E-state index contributed by atoms with van der Waals surface area (Å²) in [5, 5.41) is 3.89. The molecule has 0 amide bonds. The van der Waals surface area contributed by atoms with E-state index in [-0.39, 0.29) is 11.6 Å². The number of fused-ring (bicyclic) bond motifs is 1. The molecule has 0 saturated carbocycles. The molecule has 1 aromatic heterocycles. The van der Waals surface area contributed by atoms with E-state index in [4.69, 9.17) is 0 Å². The average Bonchev–Trinajstić information content (AvgIpc) is 3.22. The van der Waals surface area contributed by atoms with Gasteiger partial charge in [-0.15, -0.1) is 6.58 Å². The van der Waals surface area contributed by atoms with Gasteiger partial charge in [-0.25, -0.2) is 18.4 Å². The number of H-pyrrole nitrogens is 1. The van der Waals surface area contributed by atoms with Crippen molar-refractivity contribution in [3.63, 3.8) is 0 Å². The maximum atomic E-state index is 13.4. The summed E-state index contributed by atoms with van der Waals surface area (Å²) in [7, 11) is 2.61. The number of aromatic amines is 1. The second kappa shape index (κ2) is 15.7. The first-order valence-corrected chi connectivity index (χ1v) is 11.9. The van der Waals surface area contributed by atoms with Crippen LogP contribution in [0.1, 0.15) is 11.1 Å². The number of anilines is 1. The van der Waals surface area contributed by atoms with Gasteiger partial charge in [-0.3, -0.25) is 0 Å². The van der Waals surface area contributed by atoms with Crippen LogP contribution in [-0.4, -0.2) is 37.7 Å². The molecule has 10 heteroatoms. The lowest BCUT2D eigenvalue weighted by molar-refractivity contribution is -0.135. The maximum absolute atomic E-state index is 13.4. The normalized spacial score (nSPS) is 9.97. The maximum Gasteiger partial charge on any atom is 0.330 e. The molecule has 0 atom stereocenters. The molecule has 0 aliphatic heterocycles. The number of carbonyl (C=O) groups excluding carboxylic acids is 2. The molecule has 0 aliphatic carbocycles. The SMILES string of the molecule is C=CC(=O)OC.C=CCNc1c(Br)cc(F)cc1Br.COC(=O)/C=C/c1cc(F)cc2c(C)c[nH]c12. The summed E-state index contributed by atoms with van der Waals surface area (Å²) in [6.45, 7) is 9.28. The Kier molecular flexibility index (Phi) is 13.4. The fourth-order valence-electron chi connectivity index (χ4n) is 2.68. The highest BCUT2D eigenvalue weighted by atomic mass is 79.9. The van der Waals surface area contributed by atoms with Crippen LogP contribution in [0.4, 0.5) is 14.5 Å². The minimum absolute atomic E-state index is 0.275. The molecule has 3 rings (SSSR count). The number of ether oxygens (including phenoxy) is 2. The van der Waals surface area contributed by atoms with E-state index in [9.17, 15) is 18.4 Å². The highest BCUT2D eigenvalue weighted by Crippen LogP contribution is 2.31. The van der Waals surface area contributed by atoms with E-state index in [1.165, 1.54) is 50.6 Å². The lowest BCUT2D eigenvalue weighted by atomic mass is 10.1. The third-order valence-corrected chi connectivity index (χ3v) is 5.64. The Balaban J connectivity index is 0.000000302. The largest absolute Gasteiger partial charge is 0.466 e. The number of rotatable bonds is 6. The van der Waals surface area contributed by atoms with Gasteiger partial charge in [-0.2, -0.15) is 0 Å². The smallest absolute Gasteiger partial charge is 0.330 e. The molecule has 0 unspecified atom stereocenters. The molecule has 0 bridgehead atoms. The van der Waals surface area contributed by atoms with Crippen LogP contribution in [0.3, 0.4) is 0 Å². The van der Waals surface area contributed by atoms with E-state index in [1.807, 2.05) is 6.92 Å². The summed E-state index contributed by atoms with van der Waals surface area (Å²) in [5.41, 5.74) is 3.23. The quantitative estimate of drug-likeness (QED) is 0.173. The molecule has 192 valence electrons. The summed E-state index contributed by atoms with van der Waals surface area (Å²) in [6, 6.07) is 5.67. The molecule has 36 heavy (non-hydrogen) atoms. The minimum Gasteiger partial charge on any atom is -0.466 e. The summed E-state index contributed by atoms with van der Waals surface area (Å²) in [6.07, 6.45) is 7.46. The first kappa shape index (κ1) is 30.8. The number of benzene rings is 2. The van der Waals surface area contributed by atoms with Gasteiger partial charge in [-0.05, 0) is 74.7 Å². The van der Waals surface area contributed by atoms with Crippen molar-refractivity contribution in [1.82, 2.24) is 4.98 Å². The number of halogens is 4. The zero-order valence-corrected chi connectivity index (χ0v) is 23.1. The molecule has 0 aliphatic rings. The van der Waals surface area contributed by atoms with Crippen LogP contribution >= 0.6 is 31.9 Å². The standard InChI is InChI=1S/C13H12FNO2.C9H8Br2FN.C4H6O2/c1-8-7-15-13-9(3-4-12(16)17-2)5-10(14)6-11(8)13;1-2-3-13-9-7(10)4-6(12)5-8(9)11;1-3-4(5)6-2/h3-7,15H,1-2H3;2,4-5,13H,1,3H2;3H,1H2,2H3/b4-3+;;. The zero-order valence-electron chi connectivity index (χ0n) is 20.0.